The molecule has 5 aromatic rings. The van der Waals surface area contributed by atoms with E-state index in [1.807, 2.05) is 78.9 Å². The van der Waals surface area contributed by atoms with Gasteiger partial charge in [0.25, 0.3) is 0 Å². The zero-order chi connectivity index (χ0) is 34.8. The van der Waals surface area contributed by atoms with Crippen molar-refractivity contribution in [2.75, 3.05) is 24.5 Å². The average Bonchev–Trinajstić information content (AvgIpc) is 3.41. The van der Waals surface area contributed by atoms with Crippen LogP contribution in [0.25, 0.3) is 22.2 Å². The smallest absolute Gasteiger partial charge is 0.410 e. The van der Waals surface area contributed by atoms with Crippen molar-refractivity contribution in [1.82, 2.24) is 19.7 Å². The highest BCUT2D eigenvalue weighted by Crippen LogP contribution is 2.37. The molecule has 9 nitrogen and oxygen atoms in total. The molecule has 6 rings (SSSR count). The Morgan fingerprint density at radius 1 is 0.857 bits per heavy atom. The summed E-state index contributed by atoms with van der Waals surface area (Å²) in [6.07, 6.45) is -5.61. The number of ether oxygens (including phenoxy) is 3. The highest BCUT2D eigenvalue weighted by atomic mass is 19.4. The molecule has 2 aromatic heterocycles. The average molecular weight is 674 g/mol. The Hall–Kier alpha value is -5.26. The second-order valence-corrected chi connectivity index (χ2v) is 12.9. The zero-order valence-electron chi connectivity index (χ0n) is 27.8. The van der Waals surface area contributed by atoms with Crippen LogP contribution in [-0.2, 0) is 25.0 Å². The zero-order valence-corrected chi connectivity index (χ0v) is 27.8. The Morgan fingerprint density at radius 3 is 2.14 bits per heavy atom. The fraction of sp³-hybridized carbons (Fsp3) is 0.324. The van der Waals surface area contributed by atoms with E-state index >= 15 is 0 Å². The van der Waals surface area contributed by atoms with Crippen molar-refractivity contribution >= 4 is 22.7 Å². The Morgan fingerprint density at radius 2 is 1.51 bits per heavy atom. The van der Waals surface area contributed by atoms with E-state index in [9.17, 15) is 18.0 Å². The van der Waals surface area contributed by atoms with E-state index in [2.05, 4.69) is 0 Å². The van der Waals surface area contributed by atoms with Crippen LogP contribution in [0.3, 0.4) is 0 Å². The second-order valence-electron chi connectivity index (χ2n) is 12.9. The van der Waals surface area contributed by atoms with E-state index in [1.54, 1.807) is 49.5 Å². The predicted octanol–water partition coefficient (Wildman–Crippen LogP) is 7.78. The van der Waals surface area contributed by atoms with Gasteiger partial charge in [-0.3, -0.25) is 9.58 Å². The number of carbonyl (C=O) groups is 1. The van der Waals surface area contributed by atoms with Crippen LogP contribution in [0.5, 0.6) is 11.8 Å². The second kappa shape index (κ2) is 13.7. The van der Waals surface area contributed by atoms with Crippen molar-refractivity contribution in [2.45, 2.75) is 51.8 Å². The van der Waals surface area contributed by atoms with Crippen molar-refractivity contribution in [2.24, 2.45) is 7.05 Å². The van der Waals surface area contributed by atoms with Crippen LogP contribution < -0.4 is 14.4 Å². The largest absolute Gasteiger partial charge is 0.473 e. The first kappa shape index (κ1) is 33.6. The number of hydrogen-bond donors (Lipinski definition) is 0. The van der Waals surface area contributed by atoms with Gasteiger partial charge in [0.2, 0.25) is 11.8 Å². The van der Waals surface area contributed by atoms with E-state index in [-0.39, 0.29) is 19.7 Å². The standard InChI is InChI=1S/C37H38F3N5O4/c1-36(2,3)49-35(46)45-20-19-44(22-31(45)37(38,39)40)27-15-16-28-30(21-27)43(4)42-33(28)29-17-18-32(47-23-25-11-7-5-8-12-25)41-34(29)48-24-26-13-9-6-10-14-26/h5-18,21,31H,19-20,22-24H2,1-4H3. The minimum atomic E-state index is -4.64. The molecule has 1 unspecified atom stereocenters. The molecule has 12 heteroatoms. The van der Waals surface area contributed by atoms with Crippen molar-refractivity contribution in [3.63, 3.8) is 0 Å². The van der Waals surface area contributed by atoms with Crippen LogP contribution in [0.4, 0.5) is 23.7 Å². The summed E-state index contributed by atoms with van der Waals surface area (Å²) >= 11 is 0. The lowest BCUT2D eigenvalue weighted by molar-refractivity contribution is -0.181. The third-order valence-corrected chi connectivity index (χ3v) is 8.12. The number of hydrogen-bond acceptors (Lipinski definition) is 7. The summed E-state index contributed by atoms with van der Waals surface area (Å²) in [7, 11) is 1.78. The van der Waals surface area contributed by atoms with Gasteiger partial charge in [-0.2, -0.15) is 23.3 Å². The number of pyridine rings is 1. The molecule has 1 saturated heterocycles. The Balaban J connectivity index is 1.29. The maximum Gasteiger partial charge on any atom is 0.410 e. The molecule has 256 valence electrons. The first-order chi connectivity index (χ1) is 23.4. The lowest BCUT2D eigenvalue weighted by Crippen LogP contribution is -2.61. The maximum atomic E-state index is 14.2. The number of carbonyl (C=O) groups excluding carboxylic acids is 1. The van der Waals surface area contributed by atoms with Gasteiger partial charge in [-0.05, 0) is 56.2 Å². The third kappa shape index (κ3) is 7.90. The van der Waals surface area contributed by atoms with Crippen molar-refractivity contribution in [1.29, 1.82) is 0 Å². The summed E-state index contributed by atoms with van der Waals surface area (Å²) in [5.41, 5.74) is 3.60. The summed E-state index contributed by atoms with van der Waals surface area (Å²) in [5.74, 6) is 0.729. The fourth-order valence-electron chi connectivity index (χ4n) is 5.73. The third-order valence-electron chi connectivity index (χ3n) is 8.12. The van der Waals surface area contributed by atoms with Crippen molar-refractivity contribution < 1.29 is 32.2 Å². The summed E-state index contributed by atoms with van der Waals surface area (Å²) < 4.78 is 61.9. The molecule has 1 atom stereocenters. The minimum Gasteiger partial charge on any atom is -0.473 e. The van der Waals surface area contributed by atoms with Gasteiger partial charge in [-0.15, -0.1) is 0 Å². The number of piperazine rings is 1. The fourth-order valence-corrected chi connectivity index (χ4v) is 5.73. The van der Waals surface area contributed by atoms with Gasteiger partial charge in [0, 0.05) is 43.8 Å². The van der Waals surface area contributed by atoms with Crippen LogP contribution in [0, 0.1) is 0 Å². The summed E-state index contributed by atoms with van der Waals surface area (Å²) in [4.78, 5) is 19.8. The van der Waals surface area contributed by atoms with Gasteiger partial charge in [0.15, 0.2) is 0 Å². The molecule has 1 fully saturated rings. The summed E-state index contributed by atoms with van der Waals surface area (Å²) in [6, 6.07) is 26.5. The van der Waals surface area contributed by atoms with Gasteiger partial charge in [-0.25, -0.2) is 4.79 Å². The molecule has 3 aromatic carbocycles. The molecule has 1 aliphatic heterocycles. The lowest BCUT2D eigenvalue weighted by atomic mass is 10.1. The van der Waals surface area contributed by atoms with Gasteiger partial charge in [0.1, 0.15) is 30.6 Å². The SMILES string of the molecule is Cn1nc(-c2ccc(OCc3ccccc3)nc2OCc2ccccc2)c2ccc(N3CCN(C(=O)OC(C)(C)C)C(C(F)(F)F)C3)cc21. The quantitative estimate of drug-likeness (QED) is 0.166. The van der Waals surface area contributed by atoms with Crippen LogP contribution in [0.15, 0.2) is 91.0 Å². The van der Waals surface area contributed by atoms with E-state index in [0.717, 1.165) is 21.4 Å². The first-order valence-electron chi connectivity index (χ1n) is 16.0. The number of alkyl halides is 3. The molecule has 0 aliphatic carbocycles. The molecule has 3 heterocycles. The molecule has 49 heavy (non-hydrogen) atoms. The van der Waals surface area contributed by atoms with Crippen LogP contribution in [0.2, 0.25) is 0 Å². The molecule has 0 saturated carbocycles. The summed E-state index contributed by atoms with van der Waals surface area (Å²) in [6.45, 7) is 5.13. The van der Waals surface area contributed by atoms with E-state index in [4.69, 9.17) is 24.3 Å². The lowest BCUT2D eigenvalue weighted by Gasteiger charge is -2.43. The number of amides is 1. The van der Waals surface area contributed by atoms with E-state index < -0.39 is 30.5 Å². The number of halogens is 3. The van der Waals surface area contributed by atoms with Crippen molar-refractivity contribution in [3.8, 4) is 23.0 Å². The maximum absolute atomic E-state index is 14.2. The molecular weight excluding hydrogens is 635 g/mol. The molecule has 0 bridgehead atoms. The van der Waals surface area contributed by atoms with Crippen LogP contribution in [0.1, 0.15) is 31.9 Å². The van der Waals surface area contributed by atoms with Crippen LogP contribution >= 0.6 is 0 Å². The van der Waals surface area contributed by atoms with Crippen LogP contribution in [-0.4, -0.2) is 63.2 Å². The number of anilines is 1. The number of nitrogens with zero attached hydrogens (tertiary/aromatic N) is 5. The highest BCUT2D eigenvalue weighted by molar-refractivity contribution is 5.96. The molecule has 0 radical (unpaired) electrons. The number of fused-ring (bicyclic) bond motifs is 1. The molecule has 1 aliphatic rings. The Kier molecular flexibility index (Phi) is 9.40. The molecule has 0 spiro atoms. The minimum absolute atomic E-state index is 0.139. The Bertz CT molecular complexity index is 1910. The molecular formula is C37H38F3N5O4. The number of aromatic nitrogens is 3. The first-order valence-corrected chi connectivity index (χ1v) is 16.0. The highest BCUT2D eigenvalue weighted by Gasteiger charge is 2.49. The predicted molar refractivity (Wildman–Crippen MR) is 180 cm³/mol. The van der Waals surface area contributed by atoms with Gasteiger partial charge >= 0.3 is 12.3 Å². The molecule has 0 N–H and O–H groups in total. The number of rotatable bonds is 8. The number of aryl methyl sites for hydroxylation is 1. The van der Waals surface area contributed by atoms with E-state index in [1.165, 1.54) is 0 Å². The summed E-state index contributed by atoms with van der Waals surface area (Å²) in [5, 5.41) is 5.57. The number of benzene rings is 3. The topological polar surface area (TPSA) is 82.0 Å². The monoisotopic (exact) mass is 673 g/mol. The normalized spacial score (nSPS) is 15.4. The Labute approximate surface area is 282 Å². The molecule has 1 amide bonds. The van der Waals surface area contributed by atoms with Crippen molar-refractivity contribution in [3.05, 3.63) is 102 Å². The van der Waals surface area contributed by atoms with E-state index in [0.29, 0.717) is 40.8 Å². The van der Waals surface area contributed by atoms with Gasteiger partial charge in [-0.1, -0.05) is 60.7 Å². The van der Waals surface area contributed by atoms with Gasteiger partial charge < -0.3 is 19.1 Å². The van der Waals surface area contributed by atoms with Gasteiger partial charge in [0.05, 0.1) is 11.1 Å².